The van der Waals surface area contributed by atoms with Gasteiger partial charge in [-0.1, -0.05) is 51.3 Å². The summed E-state index contributed by atoms with van der Waals surface area (Å²) in [7, 11) is 0. The second-order valence-corrected chi connectivity index (χ2v) is 5.76. The Kier molecular flexibility index (Phi) is 5.24. The summed E-state index contributed by atoms with van der Waals surface area (Å²) >= 11 is 15.1. The van der Waals surface area contributed by atoms with Gasteiger partial charge in [-0.3, -0.25) is 4.79 Å². The summed E-state index contributed by atoms with van der Waals surface area (Å²) in [6.07, 6.45) is 3.15. The number of rotatable bonds is 3. The normalized spacial score (nSPS) is 10.8. The molecular weight excluding hydrogens is 361 g/mol. The third-order valence-electron chi connectivity index (χ3n) is 2.48. The van der Waals surface area contributed by atoms with Crippen LogP contribution in [0.25, 0.3) is 6.08 Å². The van der Waals surface area contributed by atoms with Crippen LogP contribution in [-0.4, -0.2) is 5.91 Å². The van der Waals surface area contributed by atoms with E-state index >= 15 is 0 Å². The van der Waals surface area contributed by atoms with Crippen molar-refractivity contribution in [2.75, 3.05) is 5.32 Å². The summed E-state index contributed by atoms with van der Waals surface area (Å²) in [5.41, 5.74) is 1.46. The molecule has 2 aromatic carbocycles. The van der Waals surface area contributed by atoms with Crippen molar-refractivity contribution in [2.45, 2.75) is 0 Å². The van der Waals surface area contributed by atoms with Gasteiger partial charge in [0.25, 0.3) is 0 Å². The van der Waals surface area contributed by atoms with Crippen molar-refractivity contribution in [1.29, 1.82) is 0 Å². The van der Waals surface area contributed by atoms with Crippen molar-refractivity contribution >= 4 is 56.8 Å². The van der Waals surface area contributed by atoms with Crippen LogP contribution in [0.3, 0.4) is 0 Å². The molecule has 0 aromatic heterocycles. The molecule has 0 saturated carbocycles. The lowest BCUT2D eigenvalue weighted by atomic mass is 10.2. The predicted molar refractivity (Wildman–Crippen MR) is 88.3 cm³/mol. The molecule has 0 bridgehead atoms. The van der Waals surface area contributed by atoms with E-state index in [9.17, 15) is 4.79 Å². The lowest BCUT2D eigenvalue weighted by molar-refractivity contribution is -0.111. The van der Waals surface area contributed by atoms with Crippen molar-refractivity contribution in [3.05, 3.63) is 68.6 Å². The summed E-state index contributed by atoms with van der Waals surface area (Å²) in [6.45, 7) is 0. The maximum Gasteiger partial charge on any atom is 0.248 e. The molecule has 0 saturated heterocycles. The third-order valence-corrected chi connectivity index (χ3v) is 3.56. The van der Waals surface area contributed by atoms with Crippen LogP contribution >= 0.6 is 39.1 Å². The van der Waals surface area contributed by atoms with Crippen molar-refractivity contribution in [3.63, 3.8) is 0 Å². The molecule has 5 heteroatoms. The molecule has 1 amide bonds. The van der Waals surface area contributed by atoms with Gasteiger partial charge in [-0.15, -0.1) is 0 Å². The number of amides is 1. The van der Waals surface area contributed by atoms with Gasteiger partial charge in [0.15, 0.2) is 0 Å². The molecule has 0 atom stereocenters. The number of carbonyl (C=O) groups excluding carboxylic acids is 1. The van der Waals surface area contributed by atoms with Gasteiger partial charge in [-0.25, -0.2) is 0 Å². The Bertz CT molecular complexity index is 653. The minimum Gasteiger partial charge on any atom is -0.321 e. The van der Waals surface area contributed by atoms with Crippen LogP contribution in [0.15, 0.2) is 53.0 Å². The zero-order valence-corrected chi connectivity index (χ0v) is 13.3. The summed E-state index contributed by atoms with van der Waals surface area (Å²) in [5, 5.41) is 3.87. The molecule has 0 aliphatic rings. The van der Waals surface area contributed by atoms with Crippen molar-refractivity contribution in [3.8, 4) is 0 Å². The highest BCUT2D eigenvalue weighted by atomic mass is 79.9. The number of hydrogen-bond acceptors (Lipinski definition) is 1. The minimum atomic E-state index is -0.250. The number of carbonyl (C=O) groups is 1. The van der Waals surface area contributed by atoms with Crippen molar-refractivity contribution in [2.24, 2.45) is 0 Å². The van der Waals surface area contributed by atoms with E-state index in [1.807, 2.05) is 18.2 Å². The van der Waals surface area contributed by atoms with E-state index in [2.05, 4.69) is 21.2 Å². The van der Waals surface area contributed by atoms with Gasteiger partial charge in [0.2, 0.25) is 5.91 Å². The standard InChI is InChI=1S/C15H10BrCl2NO/c16-11-4-7-13(18)14(9-11)19-15(20)8-3-10-1-5-12(17)6-2-10/h1-9H,(H,19,20). The van der Waals surface area contributed by atoms with Crippen LogP contribution in [0.5, 0.6) is 0 Å². The molecule has 2 rings (SSSR count). The molecule has 102 valence electrons. The monoisotopic (exact) mass is 369 g/mol. The van der Waals surface area contributed by atoms with Crippen LogP contribution in [0.4, 0.5) is 5.69 Å². The summed E-state index contributed by atoms with van der Waals surface area (Å²) in [4.78, 5) is 11.8. The fraction of sp³-hybridized carbons (Fsp3) is 0. The van der Waals surface area contributed by atoms with E-state index in [1.165, 1.54) is 6.08 Å². The first kappa shape index (κ1) is 15.1. The molecule has 0 fully saturated rings. The molecule has 2 nitrogen and oxygen atoms in total. The van der Waals surface area contributed by atoms with Crippen LogP contribution < -0.4 is 5.32 Å². The van der Waals surface area contributed by atoms with Gasteiger partial charge in [-0.05, 0) is 42.0 Å². The fourth-order valence-electron chi connectivity index (χ4n) is 1.51. The number of halogens is 3. The van der Waals surface area contributed by atoms with Gasteiger partial charge in [0.05, 0.1) is 10.7 Å². The van der Waals surface area contributed by atoms with Crippen molar-refractivity contribution in [1.82, 2.24) is 0 Å². The SMILES string of the molecule is O=C(C=Cc1ccc(Cl)cc1)Nc1cc(Br)ccc1Cl. The molecule has 0 spiro atoms. The zero-order chi connectivity index (χ0) is 14.5. The maximum atomic E-state index is 11.8. The van der Waals surface area contributed by atoms with E-state index in [4.69, 9.17) is 23.2 Å². The van der Waals surface area contributed by atoms with E-state index in [0.717, 1.165) is 10.0 Å². The quantitative estimate of drug-likeness (QED) is 0.719. The highest BCUT2D eigenvalue weighted by Crippen LogP contribution is 2.25. The Morgan fingerprint density at radius 1 is 1.10 bits per heavy atom. The van der Waals surface area contributed by atoms with Crippen LogP contribution in [0.2, 0.25) is 10.0 Å². The maximum absolute atomic E-state index is 11.8. The smallest absolute Gasteiger partial charge is 0.248 e. The molecule has 0 unspecified atom stereocenters. The largest absolute Gasteiger partial charge is 0.321 e. The number of benzene rings is 2. The van der Waals surface area contributed by atoms with E-state index in [1.54, 1.807) is 30.3 Å². The molecule has 1 N–H and O–H groups in total. The Morgan fingerprint density at radius 2 is 1.80 bits per heavy atom. The molecule has 0 aliphatic carbocycles. The molecule has 0 heterocycles. The summed E-state index contributed by atoms with van der Waals surface area (Å²) in [6, 6.07) is 12.5. The van der Waals surface area contributed by atoms with E-state index in [-0.39, 0.29) is 5.91 Å². The number of nitrogens with one attached hydrogen (secondary N) is 1. The highest BCUT2D eigenvalue weighted by Gasteiger charge is 2.03. The average molecular weight is 371 g/mol. The van der Waals surface area contributed by atoms with Crippen LogP contribution in [-0.2, 0) is 4.79 Å². The lowest BCUT2D eigenvalue weighted by Gasteiger charge is -2.05. The minimum absolute atomic E-state index is 0.250. The lowest BCUT2D eigenvalue weighted by Crippen LogP contribution is -2.08. The molecule has 0 aliphatic heterocycles. The Labute approximate surface area is 135 Å². The van der Waals surface area contributed by atoms with Crippen LogP contribution in [0, 0.1) is 0 Å². The van der Waals surface area contributed by atoms with Gasteiger partial charge >= 0.3 is 0 Å². The zero-order valence-electron chi connectivity index (χ0n) is 10.2. The Balaban J connectivity index is 2.05. The highest BCUT2D eigenvalue weighted by molar-refractivity contribution is 9.10. The average Bonchev–Trinajstić information content (AvgIpc) is 2.42. The second kappa shape index (κ2) is 6.93. The second-order valence-electron chi connectivity index (χ2n) is 4.00. The Hall–Kier alpha value is -1.29. The van der Waals surface area contributed by atoms with E-state index < -0.39 is 0 Å². The molecule has 20 heavy (non-hydrogen) atoms. The molecular formula is C15H10BrCl2NO. The van der Waals surface area contributed by atoms with E-state index in [0.29, 0.717) is 15.7 Å². The third kappa shape index (κ3) is 4.37. The summed E-state index contributed by atoms with van der Waals surface area (Å²) < 4.78 is 0.846. The van der Waals surface area contributed by atoms with Crippen LogP contribution in [0.1, 0.15) is 5.56 Å². The first-order valence-electron chi connectivity index (χ1n) is 5.74. The van der Waals surface area contributed by atoms with Gasteiger partial charge in [-0.2, -0.15) is 0 Å². The summed E-state index contributed by atoms with van der Waals surface area (Å²) in [5.74, 6) is -0.250. The molecule has 0 radical (unpaired) electrons. The number of anilines is 1. The van der Waals surface area contributed by atoms with Gasteiger partial charge in [0, 0.05) is 15.6 Å². The topological polar surface area (TPSA) is 29.1 Å². The number of hydrogen-bond donors (Lipinski definition) is 1. The Morgan fingerprint density at radius 3 is 2.50 bits per heavy atom. The first-order valence-corrected chi connectivity index (χ1v) is 7.29. The fourth-order valence-corrected chi connectivity index (χ4v) is 2.17. The van der Waals surface area contributed by atoms with Crippen molar-refractivity contribution < 1.29 is 4.79 Å². The first-order chi connectivity index (χ1) is 9.54. The predicted octanol–water partition coefficient (Wildman–Crippen LogP) is 5.41. The van der Waals surface area contributed by atoms with Gasteiger partial charge in [0.1, 0.15) is 0 Å². The van der Waals surface area contributed by atoms with Gasteiger partial charge < -0.3 is 5.32 Å². The molecule has 2 aromatic rings.